The molecule has 0 spiro atoms. The topological polar surface area (TPSA) is 41.6 Å². The first-order chi connectivity index (χ1) is 9.84. The Morgan fingerprint density at radius 2 is 2.05 bits per heavy atom. The Hall–Kier alpha value is -1.71. The van der Waals surface area contributed by atoms with Crippen molar-refractivity contribution in [1.29, 1.82) is 0 Å². The molecule has 1 aliphatic heterocycles. The third-order valence-electron chi connectivity index (χ3n) is 3.95. The fraction of sp³-hybridized carbons (Fsp3) is 0.588. The normalized spacial score (nSPS) is 19.2. The highest BCUT2D eigenvalue weighted by Gasteiger charge is 2.34. The van der Waals surface area contributed by atoms with Gasteiger partial charge >= 0.3 is 5.97 Å². The second kappa shape index (κ2) is 5.96. The van der Waals surface area contributed by atoms with Gasteiger partial charge < -0.3 is 15.0 Å². The Labute approximate surface area is 127 Å². The number of ether oxygens (including phenoxy) is 1. The fourth-order valence-electron chi connectivity index (χ4n) is 2.60. The summed E-state index contributed by atoms with van der Waals surface area (Å²) in [5.41, 5.74) is 2.04. The largest absolute Gasteiger partial charge is 0.461 e. The van der Waals surface area contributed by atoms with E-state index in [4.69, 9.17) is 4.74 Å². The van der Waals surface area contributed by atoms with Gasteiger partial charge in [-0.1, -0.05) is 19.1 Å². The molecule has 0 aliphatic carbocycles. The summed E-state index contributed by atoms with van der Waals surface area (Å²) >= 11 is 0. The molecular formula is C17H26N2O2. The summed E-state index contributed by atoms with van der Waals surface area (Å²) < 4.78 is 5.50. The molecule has 2 atom stereocenters. The average Bonchev–Trinajstić information content (AvgIpc) is 2.44. The SMILES string of the molecule is CCC(C)OC(=O)C(C)N1CC(C)(C)Nc2ccccc21. The number of anilines is 2. The molecule has 21 heavy (non-hydrogen) atoms. The Balaban J connectivity index is 2.24. The molecule has 4 heteroatoms. The summed E-state index contributed by atoms with van der Waals surface area (Å²) in [6, 6.07) is 7.81. The van der Waals surface area contributed by atoms with Gasteiger partial charge in [-0.25, -0.2) is 4.79 Å². The molecule has 1 heterocycles. The lowest BCUT2D eigenvalue weighted by Crippen LogP contribution is -2.54. The van der Waals surface area contributed by atoms with Crippen molar-refractivity contribution in [1.82, 2.24) is 0 Å². The maximum Gasteiger partial charge on any atom is 0.328 e. The van der Waals surface area contributed by atoms with Gasteiger partial charge in [0.05, 0.1) is 17.5 Å². The summed E-state index contributed by atoms with van der Waals surface area (Å²) in [5.74, 6) is -0.156. The van der Waals surface area contributed by atoms with Crippen LogP contribution in [0.1, 0.15) is 41.0 Å². The number of fused-ring (bicyclic) bond motifs is 1. The number of carbonyl (C=O) groups excluding carboxylic acids is 1. The first kappa shape index (κ1) is 15.7. The first-order valence-corrected chi connectivity index (χ1v) is 7.68. The molecule has 0 saturated carbocycles. The van der Waals surface area contributed by atoms with Crippen molar-refractivity contribution in [3.63, 3.8) is 0 Å². The van der Waals surface area contributed by atoms with Crippen molar-refractivity contribution in [2.75, 3.05) is 16.8 Å². The number of hydrogen-bond donors (Lipinski definition) is 1. The predicted molar refractivity (Wildman–Crippen MR) is 86.8 cm³/mol. The molecule has 0 aromatic heterocycles. The average molecular weight is 290 g/mol. The molecule has 0 amide bonds. The second-order valence-electron chi connectivity index (χ2n) is 6.49. The standard InChI is InChI=1S/C17H26N2O2/c1-6-12(2)21-16(20)13(3)19-11-17(4,5)18-14-9-7-8-10-15(14)19/h7-10,12-13,18H,6,11H2,1-5H3. The van der Waals surface area contributed by atoms with E-state index in [2.05, 4.69) is 30.1 Å². The van der Waals surface area contributed by atoms with Crippen LogP contribution < -0.4 is 10.2 Å². The number of nitrogens with one attached hydrogen (secondary N) is 1. The lowest BCUT2D eigenvalue weighted by molar-refractivity contribution is -0.149. The van der Waals surface area contributed by atoms with Gasteiger partial charge in [0.25, 0.3) is 0 Å². The molecule has 0 fully saturated rings. The zero-order chi connectivity index (χ0) is 15.6. The molecule has 4 nitrogen and oxygen atoms in total. The second-order valence-corrected chi connectivity index (χ2v) is 6.49. The lowest BCUT2D eigenvalue weighted by atomic mass is 9.98. The van der Waals surface area contributed by atoms with Crippen molar-refractivity contribution >= 4 is 17.3 Å². The number of benzene rings is 1. The van der Waals surface area contributed by atoms with Crippen LogP contribution in [0.4, 0.5) is 11.4 Å². The number of hydrogen-bond acceptors (Lipinski definition) is 4. The zero-order valence-electron chi connectivity index (χ0n) is 13.6. The molecule has 0 radical (unpaired) electrons. The monoisotopic (exact) mass is 290 g/mol. The number of nitrogens with zero attached hydrogens (tertiary/aromatic N) is 1. The van der Waals surface area contributed by atoms with Crippen molar-refractivity contribution in [3.8, 4) is 0 Å². The van der Waals surface area contributed by atoms with E-state index in [0.29, 0.717) is 0 Å². The van der Waals surface area contributed by atoms with E-state index in [9.17, 15) is 4.79 Å². The number of esters is 1. The van der Waals surface area contributed by atoms with Gasteiger partial charge in [0, 0.05) is 12.1 Å². The van der Waals surface area contributed by atoms with Gasteiger partial charge in [-0.15, -0.1) is 0 Å². The van der Waals surface area contributed by atoms with E-state index in [0.717, 1.165) is 24.3 Å². The Kier molecular flexibility index (Phi) is 4.45. The van der Waals surface area contributed by atoms with Crippen molar-refractivity contribution in [2.24, 2.45) is 0 Å². The zero-order valence-corrected chi connectivity index (χ0v) is 13.6. The minimum absolute atomic E-state index is 0.0360. The summed E-state index contributed by atoms with van der Waals surface area (Å²) in [5, 5.41) is 3.52. The highest BCUT2D eigenvalue weighted by Crippen LogP contribution is 2.35. The highest BCUT2D eigenvalue weighted by molar-refractivity contribution is 5.84. The quantitative estimate of drug-likeness (QED) is 0.863. The summed E-state index contributed by atoms with van der Waals surface area (Å²) in [7, 11) is 0. The summed E-state index contributed by atoms with van der Waals surface area (Å²) in [4.78, 5) is 14.5. The molecule has 1 aliphatic rings. The van der Waals surface area contributed by atoms with E-state index in [-0.39, 0.29) is 23.7 Å². The minimum atomic E-state index is -0.290. The lowest BCUT2D eigenvalue weighted by Gasteiger charge is -2.44. The number of para-hydroxylation sites is 2. The van der Waals surface area contributed by atoms with Gasteiger partial charge in [0.1, 0.15) is 6.04 Å². The van der Waals surface area contributed by atoms with E-state index < -0.39 is 0 Å². The summed E-state index contributed by atoms with van der Waals surface area (Å²) in [6.45, 7) is 10.9. The van der Waals surface area contributed by atoms with Crippen LogP contribution in [-0.2, 0) is 9.53 Å². The van der Waals surface area contributed by atoms with Crippen molar-refractivity contribution in [3.05, 3.63) is 24.3 Å². The third kappa shape index (κ3) is 3.49. The fourth-order valence-corrected chi connectivity index (χ4v) is 2.60. The van der Waals surface area contributed by atoms with E-state index in [1.54, 1.807) is 0 Å². The predicted octanol–water partition coefficient (Wildman–Crippen LogP) is 3.43. The Morgan fingerprint density at radius 1 is 1.38 bits per heavy atom. The molecule has 1 N–H and O–H groups in total. The minimum Gasteiger partial charge on any atom is -0.461 e. The smallest absolute Gasteiger partial charge is 0.328 e. The van der Waals surface area contributed by atoms with E-state index in [1.165, 1.54) is 0 Å². The van der Waals surface area contributed by atoms with Crippen LogP contribution in [0.3, 0.4) is 0 Å². The molecule has 0 saturated heterocycles. The Bertz CT molecular complexity index is 513. The maximum atomic E-state index is 12.3. The van der Waals surface area contributed by atoms with Crippen LogP contribution >= 0.6 is 0 Å². The van der Waals surface area contributed by atoms with Gasteiger partial charge in [-0.2, -0.15) is 0 Å². The molecule has 2 unspecified atom stereocenters. The van der Waals surface area contributed by atoms with Crippen molar-refractivity contribution in [2.45, 2.75) is 58.7 Å². The van der Waals surface area contributed by atoms with E-state index >= 15 is 0 Å². The van der Waals surface area contributed by atoms with Crippen LogP contribution in [0.25, 0.3) is 0 Å². The number of rotatable bonds is 4. The Morgan fingerprint density at radius 3 is 2.71 bits per heavy atom. The van der Waals surface area contributed by atoms with Crippen molar-refractivity contribution < 1.29 is 9.53 Å². The third-order valence-corrected chi connectivity index (χ3v) is 3.95. The van der Waals surface area contributed by atoms with Gasteiger partial charge in [-0.05, 0) is 46.2 Å². The molecule has 116 valence electrons. The molecule has 1 aromatic carbocycles. The van der Waals surface area contributed by atoms with E-state index in [1.807, 2.05) is 39.0 Å². The van der Waals surface area contributed by atoms with Crippen LogP contribution in [0, 0.1) is 0 Å². The molecular weight excluding hydrogens is 264 g/mol. The first-order valence-electron chi connectivity index (χ1n) is 7.68. The molecule has 0 bridgehead atoms. The highest BCUT2D eigenvalue weighted by atomic mass is 16.5. The van der Waals surface area contributed by atoms with Crippen LogP contribution in [-0.4, -0.2) is 30.2 Å². The molecule has 1 aromatic rings. The van der Waals surface area contributed by atoms with Gasteiger partial charge in [0.2, 0.25) is 0 Å². The number of carbonyl (C=O) groups is 1. The van der Waals surface area contributed by atoms with Crippen LogP contribution in [0.5, 0.6) is 0 Å². The van der Waals surface area contributed by atoms with Gasteiger partial charge in [0.15, 0.2) is 0 Å². The summed E-state index contributed by atoms with van der Waals surface area (Å²) in [6.07, 6.45) is 0.799. The van der Waals surface area contributed by atoms with Crippen LogP contribution in [0.2, 0.25) is 0 Å². The van der Waals surface area contributed by atoms with Gasteiger partial charge in [-0.3, -0.25) is 0 Å². The molecule has 2 rings (SSSR count). The van der Waals surface area contributed by atoms with Crippen LogP contribution in [0.15, 0.2) is 24.3 Å². The maximum absolute atomic E-state index is 12.3.